The number of aliphatic hydroxyl groups is 1. The summed E-state index contributed by atoms with van der Waals surface area (Å²) in [6.45, 7) is 0. The van der Waals surface area contributed by atoms with Gasteiger partial charge in [-0.05, 0) is 55.7 Å². The van der Waals surface area contributed by atoms with Crippen LogP contribution in [0.15, 0.2) is 29.2 Å². The molecule has 1 unspecified atom stereocenters. The van der Waals surface area contributed by atoms with Gasteiger partial charge >= 0.3 is 0 Å². The van der Waals surface area contributed by atoms with Gasteiger partial charge in [0.05, 0.1) is 11.0 Å². The standard InChI is InChI=1S/C14H19NO3S/c16-14(11-3-4-11)9-10-1-7-13(8-2-10)19(17,18)15-12-5-6-12/h1-2,7-8,11-12,14-16H,3-6,9H2. The summed E-state index contributed by atoms with van der Waals surface area (Å²) in [4.78, 5) is 0.309. The highest BCUT2D eigenvalue weighted by molar-refractivity contribution is 7.89. The first-order valence-corrected chi connectivity index (χ1v) is 8.32. The Labute approximate surface area is 113 Å². The zero-order valence-electron chi connectivity index (χ0n) is 10.7. The second-order valence-corrected chi connectivity index (χ2v) is 7.36. The van der Waals surface area contributed by atoms with Crippen LogP contribution in [0.3, 0.4) is 0 Å². The second-order valence-electron chi connectivity index (χ2n) is 5.65. The van der Waals surface area contributed by atoms with Crippen LogP contribution >= 0.6 is 0 Å². The summed E-state index contributed by atoms with van der Waals surface area (Å²) in [5.74, 6) is 0.444. The van der Waals surface area contributed by atoms with Gasteiger partial charge in [-0.15, -0.1) is 0 Å². The van der Waals surface area contributed by atoms with E-state index >= 15 is 0 Å². The number of nitrogens with one attached hydrogen (secondary N) is 1. The monoisotopic (exact) mass is 281 g/mol. The van der Waals surface area contributed by atoms with Gasteiger partial charge in [0.25, 0.3) is 0 Å². The maximum absolute atomic E-state index is 12.0. The molecule has 1 aromatic carbocycles. The molecule has 2 aliphatic rings. The summed E-state index contributed by atoms with van der Waals surface area (Å²) in [6, 6.07) is 6.97. The molecule has 2 N–H and O–H groups in total. The van der Waals surface area contributed by atoms with Gasteiger partial charge in [-0.2, -0.15) is 0 Å². The summed E-state index contributed by atoms with van der Waals surface area (Å²) < 4.78 is 26.6. The Bertz CT molecular complexity index is 545. The zero-order valence-corrected chi connectivity index (χ0v) is 11.6. The fourth-order valence-electron chi connectivity index (χ4n) is 2.18. The van der Waals surface area contributed by atoms with Crippen molar-refractivity contribution < 1.29 is 13.5 Å². The van der Waals surface area contributed by atoms with Gasteiger partial charge in [-0.1, -0.05) is 12.1 Å². The van der Waals surface area contributed by atoms with Gasteiger partial charge in [0.1, 0.15) is 0 Å². The average Bonchev–Trinajstić information content (AvgIpc) is 3.23. The number of sulfonamides is 1. The van der Waals surface area contributed by atoms with E-state index < -0.39 is 10.0 Å². The molecule has 0 amide bonds. The van der Waals surface area contributed by atoms with Crippen LogP contribution in [0.2, 0.25) is 0 Å². The first-order chi connectivity index (χ1) is 9.04. The first-order valence-electron chi connectivity index (χ1n) is 6.84. The molecule has 0 bridgehead atoms. The molecule has 5 heteroatoms. The molecular formula is C14H19NO3S. The van der Waals surface area contributed by atoms with Crippen molar-refractivity contribution in [3.63, 3.8) is 0 Å². The SMILES string of the molecule is O=S(=O)(NC1CC1)c1ccc(CC(O)C2CC2)cc1. The number of rotatable bonds is 6. The van der Waals surface area contributed by atoms with Gasteiger partial charge in [0.15, 0.2) is 0 Å². The van der Waals surface area contributed by atoms with E-state index in [1.54, 1.807) is 24.3 Å². The van der Waals surface area contributed by atoms with E-state index in [-0.39, 0.29) is 12.1 Å². The molecule has 2 aliphatic carbocycles. The molecule has 2 saturated carbocycles. The molecule has 19 heavy (non-hydrogen) atoms. The number of aliphatic hydroxyl groups excluding tert-OH is 1. The molecule has 2 fully saturated rings. The summed E-state index contributed by atoms with van der Waals surface area (Å²) in [7, 11) is -3.36. The summed E-state index contributed by atoms with van der Waals surface area (Å²) in [5.41, 5.74) is 0.991. The molecular weight excluding hydrogens is 262 g/mol. The lowest BCUT2D eigenvalue weighted by atomic mass is 10.1. The minimum atomic E-state index is -3.36. The Morgan fingerprint density at radius 1 is 1.16 bits per heavy atom. The normalized spacial score (nSPS) is 21.3. The molecule has 0 spiro atoms. The summed E-state index contributed by atoms with van der Waals surface area (Å²) >= 11 is 0. The van der Waals surface area contributed by atoms with Crippen molar-refractivity contribution >= 4 is 10.0 Å². The third kappa shape index (κ3) is 3.35. The summed E-state index contributed by atoms with van der Waals surface area (Å²) in [6.07, 6.45) is 4.42. The zero-order chi connectivity index (χ0) is 13.5. The van der Waals surface area contributed by atoms with Gasteiger partial charge in [-0.25, -0.2) is 13.1 Å². The molecule has 1 atom stereocenters. The van der Waals surface area contributed by atoms with Gasteiger partial charge < -0.3 is 5.11 Å². The maximum Gasteiger partial charge on any atom is 0.240 e. The van der Waals surface area contributed by atoms with Gasteiger partial charge in [0, 0.05) is 6.04 Å². The van der Waals surface area contributed by atoms with Crippen LogP contribution in [0.4, 0.5) is 0 Å². The third-order valence-corrected chi connectivity index (χ3v) is 5.28. The smallest absolute Gasteiger partial charge is 0.240 e. The predicted molar refractivity (Wildman–Crippen MR) is 72.2 cm³/mol. The van der Waals surface area contributed by atoms with E-state index in [1.165, 1.54) is 0 Å². The molecule has 4 nitrogen and oxygen atoms in total. The van der Waals surface area contributed by atoms with Crippen LogP contribution in [-0.2, 0) is 16.4 Å². The lowest BCUT2D eigenvalue weighted by Crippen LogP contribution is -2.25. The molecule has 1 aromatic rings. The lowest BCUT2D eigenvalue weighted by molar-refractivity contribution is 0.151. The maximum atomic E-state index is 12.0. The molecule has 104 valence electrons. The van der Waals surface area contributed by atoms with Gasteiger partial charge in [0.2, 0.25) is 10.0 Å². The summed E-state index contributed by atoms with van der Waals surface area (Å²) in [5, 5.41) is 9.87. The number of hydrogen-bond donors (Lipinski definition) is 2. The highest BCUT2D eigenvalue weighted by atomic mass is 32.2. The Balaban J connectivity index is 1.67. The van der Waals surface area contributed by atoms with E-state index in [4.69, 9.17) is 0 Å². The van der Waals surface area contributed by atoms with Crippen molar-refractivity contribution in [1.82, 2.24) is 4.72 Å². The first kappa shape index (κ1) is 13.1. The van der Waals surface area contributed by atoms with Crippen molar-refractivity contribution in [2.75, 3.05) is 0 Å². The van der Waals surface area contributed by atoms with Crippen molar-refractivity contribution in [3.8, 4) is 0 Å². The largest absolute Gasteiger partial charge is 0.392 e. The molecule has 3 rings (SSSR count). The molecule has 0 aliphatic heterocycles. The van der Waals surface area contributed by atoms with Crippen molar-refractivity contribution in [2.24, 2.45) is 5.92 Å². The quantitative estimate of drug-likeness (QED) is 0.829. The average molecular weight is 281 g/mol. The van der Waals surface area contributed by atoms with Crippen LogP contribution in [0.5, 0.6) is 0 Å². The van der Waals surface area contributed by atoms with Crippen molar-refractivity contribution in [1.29, 1.82) is 0 Å². The van der Waals surface area contributed by atoms with E-state index in [0.29, 0.717) is 17.2 Å². The highest BCUT2D eigenvalue weighted by Crippen LogP contribution is 2.34. The van der Waals surface area contributed by atoms with Crippen molar-refractivity contribution in [2.45, 2.75) is 49.1 Å². The Kier molecular flexibility index (Phi) is 3.37. The topological polar surface area (TPSA) is 66.4 Å². The van der Waals surface area contributed by atoms with Crippen LogP contribution in [0.1, 0.15) is 31.2 Å². The number of benzene rings is 1. The Hall–Kier alpha value is -0.910. The minimum Gasteiger partial charge on any atom is -0.392 e. The third-order valence-electron chi connectivity index (χ3n) is 3.74. The molecule has 0 heterocycles. The Morgan fingerprint density at radius 2 is 1.79 bits per heavy atom. The molecule has 0 aromatic heterocycles. The van der Waals surface area contributed by atoms with Crippen molar-refractivity contribution in [3.05, 3.63) is 29.8 Å². The fourth-order valence-corrected chi connectivity index (χ4v) is 3.49. The minimum absolute atomic E-state index is 0.126. The van der Waals surface area contributed by atoms with E-state index in [2.05, 4.69) is 4.72 Å². The van der Waals surface area contributed by atoms with Crippen LogP contribution < -0.4 is 4.72 Å². The highest BCUT2D eigenvalue weighted by Gasteiger charge is 2.30. The Morgan fingerprint density at radius 3 is 2.32 bits per heavy atom. The van der Waals surface area contributed by atoms with E-state index in [0.717, 1.165) is 31.2 Å². The van der Waals surface area contributed by atoms with E-state index in [1.807, 2.05) is 0 Å². The predicted octanol–water partition coefficient (Wildman–Crippen LogP) is 1.44. The van der Waals surface area contributed by atoms with Crippen LogP contribution in [0, 0.1) is 5.92 Å². The number of hydrogen-bond acceptors (Lipinski definition) is 3. The molecule has 0 radical (unpaired) electrons. The molecule has 0 saturated heterocycles. The fraction of sp³-hybridized carbons (Fsp3) is 0.571. The van der Waals surface area contributed by atoms with Crippen LogP contribution in [0.25, 0.3) is 0 Å². The van der Waals surface area contributed by atoms with E-state index in [9.17, 15) is 13.5 Å². The van der Waals surface area contributed by atoms with Crippen LogP contribution in [-0.4, -0.2) is 25.7 Å². The van der Waals surface area contributed by atoms with Gasteiger partial charge in [-0.3, -0.25) is 0 Å². The second kappa shape index (κ2) is 4.89. The lowest BCUT2D eigenvalue weighted by Gasteiger charge is -2.10.